The number of hydrogen-bond donors (Lipinski definition) is 0. The third-order valence-corrected chi connectivity index (χ3v) is 4.10. The summed E-state index contributed by atoms with van der Waals surface area (Å²) in [5.41, 5.74) is 0. The van der Waals surface area contributed by atoms with E-state index in [9.17, 15) is 0 Å². The van der Waals surface area contributed by atoms with Gasteiger partial charge in [0, 0.05) is 25.7 Å². The lowest BCUT2D eigenvalue weighted by Gasteiger charge is -2.43. The summed E-state index contributed by atoms with van der Waals surface area (Å²) in [6, 6.07) is 4.97. The zero-order chi connectivity index (χ0) is 11.7. The lowest BCUT2D eigenvalue weighted by Crippen LogP contribution is -2.54. The number of piperazine rings is 1. The van der Waals surface area contributed by atoms with Crippen LogP contribution in [0.1, 0.15) is 30.8 Å². The predicted molar refractivity (Wildman–Crippen MR) is 67.9 cm³/mol. The Labute approximate surface area is 103 Å². The molecule has 0 aliphatic carbocycles. The van der Waals surface area contributed by atoms with E-state index in [1.54, 1.807) is 0 Å². The van der Waals surface area contributed by atoms with Gasteiger partial charge in [0.1, 0.15) is 11.5 Å². The highest BCUT2D eigenvalue weighted by Crippen LogP contribution is 2.22. The molecular weight excluding hydrogens is 212 g/mol. The van der Waals surface area contributed by atoms with Crippen molar-refractivity contribution in [3.8, 4) is 0 Å². The molecule has 94 valence electrons. The molecular formula is C14H22N2O. The van der Waals surface area contributed by atoms with Crippen LogP contribution in [0, 0.1) is 6.92 Å². The predicted octanol–water partition coefficient (Wildman–Crippen LogP) is 2.26. The van der Waals surface area contributed by atoms with Crippen LogP contribution in [0.15, 0.2) is 16.5 Å². The number of fused-ring (bicyclic) bond motifs is 1. The molecule has 0 bridgehead atoms. The second-order valence-electron chi connectivity index (χ2n) is 5.43. The van der Waals surface area contributed by atoms with Crippen molar-refractivity contribution < 1.29 is 4.42 Å². The van der Waals surface area contributed by atoms with E-state index in [4.69, 9.17) is 4.42 Å². The van der Waals surface area contributed by atoms with Gasteiger partial charge in [-0.2, -0.15) is 0 Å². The third kappa shape index (κ3) is 2.55. The first kappa shape index (κ1) is 11.3. The molecule has 3 heteroatoms. The number of nitrogens with zero attached hydrogens (tertiary/aromatic N) is 2. The number of piperidine rings is 1. The van der Waals surface area contributed by atoms with Crippen molar-refractivity contribution in [3.05, 3.63) is 23.7 Å². The summed E-state index contributed by atoms with van der Waals surface area (Å²) in [5.74, 6) is 2.14. The second-order valence-corrected chi connectivity index (χ2v) is 5.43. The minimum atomic E-state index is 0.800. The second kappa shape index (κ2) is 4.83. The molecule has 3 heterocycles. The SMILES string of the molecule is Cc1ccc(CN2CCN3CCCCC3C2)o1. The van der Waals surface area contributed by atoms with Gasteiger partial charge in [-0.05, 0) is 38.4 Å². The molecule has 0 radical (unpaired) electrons. The summed E-state index contributed by atoms with van der Waals surface area (Å²) in [7, 11) is 0. The van der Waals surface area contributed by atoms with Crippen LogP contribution in [0.25, 0.3) is 0 Å². The molecule has 3 rings (SSSR count). The fourth-order valence-electron chi connectivity index (χ4n) is 3.15. The largest absolute Gasteiger partial charge is 0.465 e. The van der Waals surface area contributed by atoms with Crippen LogP contribution >= 0.6 is 0 Å². The van der Waals surface area contributed by atoms with Crippen LogP contribution in [-0.2, 0) is 6.54 Å². The Morgan fingerprint density at radius 2 is 2.18 bits per heavy atom. The van der Waals surface area contributed by atoms with Gasteiger partial charge in [0.2, 0.25) is 0 Å². The molecule has 0 amide bonds. The fourth-order valence-corrected chi connectivity index (χ4v) is 3.15. The van der Waals surface area contributed by atoms with Crippen molar-refractivity contribution in [1.82, 2.24) is 9.80 Å². The summed E-state index contributed by atoms with van der Waals surface area (Å²) < 4.78 is 5.67. The number of furan rings is 1. The Morgan fingerprint density at radius 3 is 3.00 bits per heavy atom. The number of aryl methyl sites for hydroxylation is 1. The van der Waals surface area contributed by atoms with Gasteiger partial charge in [-0.1, -0.05) is 6.42 Å². The quantitative estimate of drug-likeness (QED) is 0.782. The molecule has 17 heavy (non-hydrogen) atoms. The lowest BCUT2D eigenvalue weighted by molar-refractivity contribution is 0.0425. The molecule has 0 aromatic carbocycles. The number of hydrogen-bond acceptors (Lipinski definition) is 3. The van der Waals surface area contributed by atoms with Gasteiger partial charge in [0.15, 0.2) is 0 Å². The molecule has 0 saturated carbocycles. The molecule has 1 aromatic heterocycles. The maximum absolute atomic E-state index is 5.67. The van der Waals surface area contributed by atoms with E-state index in [0.717, 1.165) is 24.1 Å². The van der Waals surface area contributed by atoms with E-state index >= 15 is 0 Å². The average Bonchev–Trinajstić information content (AvgIpc) is 2.75. The molecule has 3 nitrogen and oxygen atoms in total. The van der Waals surface area contributed by atoms with Crippen molar-refractivity contribution in [2.75, 3.05) is 26.2 Å². The van der Waals surface area contributed by atoms with E-state index < -0.39 is 0 Å². The Morgan fingerprint density at radius 1 is 1.24 bits per heavy atom. The van der Waals surface area contributed by atoms with Crippen molar-refractivity contribution in [2.24, 2.45) is 0 Å². The lowest BCUT2D eigenvalue weighted by atomic mass is 9.99. The minimum Gasteiger partial charge on any atom is -0.465 e. The van der Waals surface area contributed by atoms with Gasteiger partial charge >= 0.3 is 0 Å². The summed E-state index contributed by atoms with van der Waals surface area (Å²) in [4.78, 5) is 5.22. The smallest absolute Gasteiger partial charge is 0.118 e. The van der Waals surface area contributed by atoms with Gasteiger partial charge in [-0.15, -0.1) is 0 Å². The highest BCUT2D eigenvalue weighted by molar-refractivity contribution is 5.05. The van der Waals surface area contributed by atoms with Crippen molar-refractivity contribution >= 4 is 0 Å². The minimum absolute atomic E-state index is 0.800. The van der Waals surface area contributed by atoms with Crippen molar-refractivity contribution in [1.29, 1.82) is 0 Å². The van der Waals surface area contributed by atoms with Gasteiger partial charge in [0.25, 0.3) is 0 Å². The monoisotopic (exact) mass is 234 g/mol. The molecule has 2 saturated heterocycles. The zero-order valence-corrected chi connectivity index (χ0v) is 10.7. The van der Waals surface area contributed by atoms with E-state index in [1.807, 2.05) is 6.92 Å². The summed E-state index contributed by atoms with van der Waals surface area (Å²) in [6.45, 7) is 7.97. The molecule has 1 atom stereocenters. The zero-order valence-electron chi connectivity index (χ0n) is 10.7. The van der Waals surface area contributed by atoms with Crippen molar-refractivity contribution in [3.63, 3.8) is 0 Å². The van der Waals surface area contributed by atoms with Gasteiger partial charge in [-0.25, -0.2) is 0 Å². The first-order chi connectivity index (χ1) is 8.31. The van der Waals surface area contributed by atoms with Crippen LogP contribution in [0.5, 0.6) is 0 Å². The van der Waals surface area contributed by atoms with Gasteiger partial charge < -0.3 is 4.42 Å². The molecule has 0 N–H and O–H groups in total. The van der Waals surface area contributed by atoms with E-state index in [-0.39, 0.29) is 0 Å². The van der Waals surface area contributed by atoms with Crippen LogP contribution in [0.3, 0.4) is 0 Å². The topological polar surface area (TPSA) is 19.6 Å². The molecule has 2 fully saturated rings. The highest BCUT2D eigenvalue weighted by Gasteiger charge is 2.28. The first-order valence-electron chi connectivity index (χ1n) is 6.83. The Kier molecular flexibility index (Phi) is 3.21. The molecule has 0 spiro atoms. The normalized spacial score (nSPS) is 27.0. The summed E-state index contributed by atoms with van der Waals surface area (Å²) in [5, 5.41) is 0. The molecule has 2 aliphatic rings. The Balaban J connectivity index is 1.58. The van der Waals surface area contributed by atoms with Crippen LogP contribution < -0.4 is 0 Å². The molecule has 1 unspecified atom stereocenters. The maximum Gasteiger partial charge on any atom is 0.118 e. The van der Waals surface area contributed by atoms with Gasteiger partial charge in [-0.3, -0.25) is 9.80 Å². The molecule has 1 aromatic rings. The van der Waals surface area contributed by atoms with Crippen LogP contribution in [0.2, 0.25) is 0 Å². The average molecular weight is 234 g/mol. The highest BCUT2D eigenvalue weighted by atomic mass is 16.3. The third-order valence-electron chi connectivity index (χ3n) is 4.10. The van der Waals surface area contributed by atoms with Crippen molar-refractivity contribution in [2.45, 2.75) is 38.8 Å². The summed E-state index contributed by atoms with van der Waals surface area (Å²) >= 11 is 0. The van der Waals surface area contributed by atoms with E-state index in [0.29, 0.717) is 0 Å². The maximum atomic E-state index is 5.67. The Bertz CT molecular complexity index is 374. The summed E-state index contributed by atoms with van der Waals surface area (Å²) in [6.07, 6.45) is 4.19. The number of rotatable bonds is 2. The fraction of sp³-hybridized carbons (Fsp3) is 0.714. The van der Waals surface area contributed by atoms with Crippen LogP contribution in [0.4, 0.5) is 0 Å². The molecule has 2 aliphatic heterocycles. The van der Waals surface area contributed by atoms with E-state index in [2.05, 4.69) is 21.9 Å². The van der Waals surface area contributed by atoms with Gasteiger partial charge in [0.05, 0.1) is 6.54 Å². The Hall–Kier alpha value is -0.800. The van der Waals surface area contributed by atoms with Crippen LogP contribution in [-0.4, -0.2) is 42.0 Å². The standard InChI is InChI=1S/C14H22N2O/c1-12-5-6-14(17-12)11-15-8-9-16-7-3-2-4-13(16)10-15/h5-6,13H,2-4,7-11H2,1H3. The first-order valence-corrected chi connectivity index (χ1v) is 6.83. The van der Waals surface area contributed by atoms with E-state index in [1.165, 1.54) is 45.4 Å².